The van der Waals surface area contributed by atoms with Crippen molar-refractivity contribution in [1.29, 1.82) is 0 Å². The molecule has 1 N–H and O–H groups in total. The zero-order chi connectivity index (χ0) is 13.1. The van der Waals surface area contributed by atoms with Crippen LogP contribution in [0.4, 0.5) is 10.1 Å². The third kappa shape index (κ3) is 3.03. The number of carbonyl (C=O) groups excluding carboxylic acids is 1. The monoisotopic (exact) mass is 281 g/mol. The highest BCUT2D eigenvalue weighted by molar-refractivity contribution is 7.80. The van der Waals surface area contributed by atoms with Crippen LogP contribution in [0.1, 0.15) is 10.4 Å². The summed E-state index contributed by atoms with van der Waals surface area (Å²) in [7, 11) is 0. The average molecular weight is 282 g/mol. The van der Waals surface area contributed by atoms with Crippen LogP contribution >= 0.6 is 24.2 Å². The van der Waals surface area contributed by atoms with Gasteiger partial charge in [-0.25, -0.2) is 4.39 Å². The van der Waals surface area contributed by atoms with Crippen LogP contribution in [0.15, 0.2) is 47.4 Å². The molecule has 0 bridgehead atoms. The SMILES string of the molecule is O=C(Nc1cccc(Cl)c1)c1cc(S)ccc1F. The number of benzene rings is 2. The standard InChI is InChI=1S/C13H9ClFNOS/c14-8-2-1-3-9(6-8)16-13(17)11-7-10(18)4-5-12(11)15/h1-7,18H,(H,16,17). The zero-order valence-electron chi connectivity index (χ0n) is 9.15. The largest absolute Gasteiger partial charge is 0.322 e. The van der Waals surface area contributed by atoms with Gasteiger partial charge in [-0.1, -0.05) is 17.7 Å². The van der Waals surface area contributed by atoms with Gasteiger partial charge in [-0.2, -0.15) is 0 Å². The van der Waals surface area contributed by atoms with E-state index in [0.717, 1.165) is 0 Å². The summed E-state index contributed by atoms with van der Waals surface area (Å²) in [5.74, 6) is -1.13. The lowest BCUT2D eigenvalue weighted by Crippen LogP contribution is -2.13. The molecule has 2 aromatic rings. The topological polar surface area (TPSA) is 29.1 Å². The molecule has 0 aliphatic heterocycles. The fourth-order valence-corrected chi connectivity index (χ4v) is 1.85. The third-order valence-electron chi connectivity index (χ3n) is 2.28. The van der Waals surface area contributed by atoms with Crippen LogP contribution in [0, 0.1) is 5.82 Å². The summed E-state index contributed by atoms with van der Waals surface area (Å²) < 4.78 is 13.5. The van der Waals surface area contributed by atoms with Crippen LogP contribution < -0.4 is 5.32 Å². The Morgan fingerprint density at radius 3 is 2.72 bits per heavy atom. The summed E-state index contributed by atoms with van der Waals surface area (Å²) in [4.78, 5) is 12.4. The molecule has 92 valence electrons. The normalized spacial score (nSPS) is 10.2. The summed E-state index contributed by atoms with van der Waals surface area (Å²) in [6.07, 6.45) is 0. The van der Waals surface area contributed by atoms with Crippen LogP contribution in [0.2, 0.25) is 5.02 Å². The molecule has 0 aliphatic carbocycles. The second kappa shape index (κ2) is 5.42. The van der Waals surface area contributed by atoms with Crippen LogP contribution in [0.5, 0.6) is 0 Å². The molecule has 5 heteroatoms. The number of hydrogen-bond acceptors (Lipinski definition) is 2. The molecule has 0 heterocycles. The summed E-state index contributed by atoms with van der Waals surface area (Å²) in [6, 6.07) is 10.7. The van der Waals surface area contributed by atoms with E-state index < -0.39 is 11.7 Å². The Balaban J connectivity index is 2.24. The van der Waals surface area contributed by atoms with Gasteiger partial charge in [0.15, 0.2) is 0 Å². The Bertz CT molecular complexity index is 603. The van der Waals surface area contributed by atoms with E-state index in [1.54, 1.807) is 24.3 Å². The van der Waals surface area contributed by atoms with Gasteiger partial charge in [0.2, 0.25) is 0 Å². The van der Waals surface area contributed by atoms with Gasteiger partial charge in [0.05, 0.1) is 5.56 Å². The molecule has 18 heavy (non-hydrogen) atoms. The number of halogens is 2. The van der Waals surface area contributed by atoms with Crippen molar-refractivity contribution < 1.29 is 9.18 Å². The minimum atomic E-state index is -0.590. The van der Waals surface area contributed by atoms with Crippen molar-refractivity contribution in [1.82, 2.24) is 0 Å². The van der Waals surface area contributed by atoms with Gasteiger partial charge in [-0.05, 0) is 36.4 Å². The van der Waals surface area contributed by atoms with Crippen molar-refractivity contribution in [2.45, 2.75) is 4.90 Å². The molecule has 2 nitrogen and oxygen atoms in total. The first-order valence-corrected chi connectivity index (χ1v) is 5.94. The summed E-state index contributed by atoms with van der Waals surface area (Å²) in [6.45, 7) is 0. The van der Waals surface area contributed by atoms with Crippen molar-refractivity contribution in [3.63, 3.8) is 0 Å². The summed E-state index contributed by atoms with van der Waals surface area (Å²) >= 11 is 9.86. The van der Waals surface area contributed by atoms with Gasteiger partial charge in [-0.15, -0.1) is 12.6 Å². The maximum atomic E-state index is 13.5. The minimum Gasteiger partial charge on any atom is -0.322 e. The van der Waals surface area contributed by atoms with E-state index >= 15 is 0 Å². The quantitative estimate of drug-likeness (QED) is 0.800. The second-order valence-corrected chi connectivity index (χ2v) is 4.58. The van der Waals surface area contributed by atoms with E-state index in [1.165, 1.54) is 18.2 Å². The molecule has 0 spiro atoms. The van der Waals surface area contributed by atoms with Crippen LogP contribution in [0.25, 0.3) is 0 Å². The lowest BCUT2D eigenvalue weighted by atomic mass is 10.2. The molecule has 0 aliphatic rings. The molecular formula is C13H9ClFNOS. The van der Waals surface area contributed by atoms with E-state index in [2.05, 4.69) is 17.9 Å². The fourth-order valence-electron chi connectivity index (χ4n) is 1.45. The smallest absolute Gasteiger partial charge is 0.258 e. The number of anilines is 1. The highest BCUT2D eigenvalue weighted by atomic mass is 35.5. The molecule has 0 radical (unpaired) electrons. The molecule has 2 aromatic carbocycles. The maximum absolute atomic E-state index is 13.5. The van der Waals surface area contributed by atoms with Gasteiger partial charge in [0.25, 0.3) is 5.91 Å². The van der Waals surface area contributed by atoms with Crippen molar-refractivity contribution >= 4 is 35.8 Å². The molecule has 0 atom stereocenters. The van der Waals surface area contributed by atoms with Crippen LogP contribution in [-0.2, 0) is 0 Å². The van der Waals surface area contributed by atoms with Gasteiger partial charge in [0, 0.05) is 15.6 Å². The number of nitrogens with one attached hydrogen (secondary N) is 1. The van der Waals surface area contributed by atoms with E-state index in [4.69, 9.17) is 11.6 Å². The van der Waals surface area contributed by atoms with Gasteiger partial charge in [-0.3, -0.25) is 4.79 Å². The molecule has 0 saturated heterocycles. The lowest BCUT2D eigenvalue weighted by Gasteiger charge is -2.07. The Hall–Kier alpha value is -1.52. The highest BCUT2D eigenvalue weighted by Crippen LogP contribution is 2.18. The Labute approximate surface area is 114 Å². The fraction of sp³-hybridized carbons (Fsp3) is 0. The lowest BCUT2D eigenvalue weighted by molar-refractivity contribution is 0.102. The number of carbonyl (C=O) groups is 1. The molecule has 0 unspecified atom stereocenters. The van der Waals surface area contributed by atoms with Crippen molar-refractivity contribution in [2.75, 3.05) is 5.32 Å². The highest BCUT2D eigenvalue weighted by Gasteiger charge is 2.12. The van der Waals surface area contributed by atoms with Crippen molar-refractivity contribution in [3.8, 4) is 0 Å². The summed E-state index contributed by atoms with van der Waals surface area (Å²) in [5.41, 5.74) is 0.457. The van der Waals surface area contributed by atoms with Crippen molar-refractivity contribution in [2.24, 2.45) is 0 Å². The second-order valence-electron chi connectivity index (χ2n) is 3.63. The van der Waals surface area contributed by atoms with E-state index in [1.807, 2.05) is 0 Å². The Morgan fingerprint density at radius 1 is 1.22 bits per heavy atom. The third-order valence-corrected chi connectivity index (χ3v) is 2.79. The summed E-state index contributed by atoms with van der Waals surface area (Å²) in [5, 5.41) is 3.07. The number of hydrogen-bond donors (Lipinski definition) is 2. The predicted molar refractivity (Wildman–Crippen MR) is 73.1 cm³/mol. The Kier molecular flexibility index (Phi) is 3.89. The van der Waals surface area contributed by atoms with Gasteiger partial charge < -0.3 is 5.32 Å². The van der Waals surface area contributed by atoms with Gasteiger partial charge in [0.1, 0.15) is 5.82 Å². The van der Waals surface area contributed by atoms with E-state index in [0.29, 0.717) is 15.6 Å². The van der Waals surface area contributed by atoms with Gasteiger partial charge >= 0.3 is 0 Å². The molecule has 0 fully saturated rings. The Morgan fingerprint density at radius 2 is 2.00 bits per heavy atom. The van der Waals surface area contributed by atoms with E-state index in [9.17, 15) is 9.18 Å². The minimum absolute atomic E-state index is 0.0533. The number of amides is 1. The predicted octanol–water partition coefficient (Wildman–Crippen LogP) is 4.02. The molecular weight excluding hydrogens is 273 g/mol. The first kappa shape index (κ1) is 12.9. The molecule has 0 saturated carbocycles. The molecule has 1 amide bonds. The first-order valence-electron chi connectivity index (χ1n) is 5.12. The van der Waals surface area contributed by atoms with Crippen LogP contribution in [0.3, 0.4) is 0 Å². The zero-order valence-corrected chi connectivity index (χ0v) is 10.8. The van der Waals surface area contributed by atoms with Crippen molar-refractivity contribution in [3.05, 3.63) is 58.9 Å². The first-order chi connectivity index (χ1) is 8.56. The number of thiol groups is 1. The maximum Gasteiger partial charge on any atom is 0.258 e. The average Bonchev–Trinajstić information content (AvgIpc) is 2.32. The van der Waals surface area contributed by atoms with Crippen LogP contribution in [-0.4, -0.2) is 5.91 Å². The van der Waals surface area contributed by atoms with E-state index in [-0.39, 0.29) is 5.56 Å². The molecule has 2 rings (SSSR count). The number of rotatable bonds is 2. The molecule has 0 aromatic heterocycles.